The number of aliphatic hydroxyl groups is 1. The fraction of sp³-hybridized carbons (Fsp3) is 0.647. The predicted molar refractivity (Wildman–Crippen MR) is 85.1 cm³/mol. The Morgan fingerprint density at radius 2 is 1.80 bits per heavy atom. The summed E-state index contributed by atoms with van der Waals surface area (Å²) < 4.78 is 0. The van der Waals surface area contributed by atoms with Crippen molar-refractivity contribution in [3.63, 3.8) is 0 Å². The van der Waals surface area contributed by atoms with E-state index in [2.05, 4.69) is 48.3 Å². The summed E-state index contributed by atoms with van der Waals surface area (Å²) in [6.45, 7) is 7.65. The van der Waals surface area contributed by atoms with E-state index in [1.807, 2.05) is 0 Å². The third-order valence-electron chi connectivity index (χ3n) is 4.75. The van der Waals surface area contributed by atoms with Gasteiger partial charge in [-0.15, -0.1) is 0 Å². The topological polar surface area (TPSA) is 35.5 Å². The molecule has 0 aliphatic carbocycles. The van der Waals surface area contributed by atoms with Crippen molar-refractivity contribution in [1.82, 2.24) is 5.32 Å². The lowest BCUT2D eigenvalue weighted by Gasteiger charge is -2.32. The van der Waals surface area contributed by atoms with E-state index in [1.165, 1.54) is 37.2 Å². The van der Waals surface area contributed by atoms with E-state index in [0.29, 0.717) is 0 Å². The van der Waals surface area contributed by atoms with Gasteiger partial charge in [0.1, 0.15) is 0 Å². The fourth-order valence-corrected chi connectivity index (χ4v) is 2.99. The van der Waals surface area contributed by atoms with Crippen molar-refractivity contribution in [3.8, 4) is 0 Å². The number of nitrogens with zero attached hydrogens (tertiary/aromatic N) is 1. The molecular formula is C17H28N2O. The van der Waals surface area contributed by atoms with Crippen LogP contribution in [0.5, 0.6) is 0 Å². The Bertz CT molecular complexity index is 401. The van der Waals surface area contributed by atoms with E-state index < -0.39 is 0 Å². The van der Waals surface area contributed by atoms with Crippen molar-refractivity contribution in [2.24, 2.45) is 0 Å². The second kappa shape index (κ2) is 7.09. The van der Waals surface area contributed by atoms with Gasteiger partial charge in [-0.3, -0.25) is 0 Å². The van der Waals surface area contributed by atoms with E-state index in [-0.39, 0.29) is 12.1 Å². The number of benzene rings is 1. The lowest BCUT2D eigenvalue weighted by Crippen LogP contribution is -2.47. The van der Waals surface area contributed by atoms with Crippen molar-refractivity contribution < 1.29 is 5.11 Å². The minimum atomic E-state index is -0.141. The lowest BCUT2D eigenvalue weighted by molar-refractivity contribution is 0.149. The van der Waals surface area contributed by atoms with Gasteiger partial charge in [0.25, 0.3) is 0 Å². The Balaban J connectivity index is 2.09. The van der Waals surface area contributed by atoms with E-state index in [0.717, 1.165) is 19.4 Å². The number of rotatable bonds is 7. The van der Waals surface area contributed by atoms with Crippen molar-refractivity contribution in [2.75, 3.05) is 24.6 Å². The zero-order valence-electron chi connectivity index (χ0n) is 12.9. The van der Waals surface area contributed by atoms with Crippen LogP contribution in [-0.2, 0) is 6.54 Å². The standard InChI is InChI=1S/C17H28N2O/c1-3-17(4-2,14-20)18-13-15-9-5-6-10-16(15)19-11-7-8-12-19/h5-6,9-10,18,20H,3-4,7-8,11-14H2,1-2H3. The zero-order valence-corrected chi connectivity index (χ0v) is 12.9. The fourth-order valence-electron chi connectivity index (χ4n) is 2.99. The number of para-hydroxylation sites is 1. The zero-order chi connectivity index (χ0) is 14.4. The highest BCUT2D eigenvalue weighted by molar-refractivity contribution is 5.54. The van der Waals surface area contributed by atoms with E-state index in [9.17, 15) is 5.11 Å². The maximum absolute atomic E-state index is 9.66. The summed E-state index contributed by atoms with van der Waals surface area (Å²) >= 11 is 0. The van der Waals surface area contributed by atoms with E-state index in [4.69, 9.17) is 0 Å². The first-order valence-electron chi connectivity index (χ1n) is 7.93. The summed E-state index contributed by atoms with van der Waals surface area (Å²) in [6.07, 6.45) is 4.50. The SMILES string of the molecule is CCC(CC)(CO)NCc1ccccc1N1CCCC1. The molecule has 1 aliphatic heterocycles. The molecule has 0 amide bonds. The molecule has 3 heteroatoms. The summed E-state index contributed by atoms with van der Waals surface area (Å²) in [4.78, 5) is 2.48. The molecule has 0 unspecified atom stereocenters. The normalized spacial score (nSPS) is 15.8. The van der Waals surface area contributed by atoms with Crippen LogP contribution in [0.2, 0.25) is 0 Å². The quantitative estimate of drug-likeness (QED) is 0.804. The highest BCUT2D eigenvalue weighted by Crippen LogP contribution is 2.25. The maximum atomic E-state index is 9.66. The van der Waals surface area contributed by atoms with Crippen molar-refractivity contribution in [3.05, 3.63) is 29.8 Å². The van der Waals surface area contributed by atoms with Gasteiger partial charge in [0, 0.05) is 30.9 Å². The smallest absolute Gasteiger partial charge is 0.0613 e. The van der Waals surface area contributed by atoms with Crippen LogP contribution in [-0.4, -0.2) is 30.3 Å². The van der Waals surface area contributed by atoms with Crippen LogP contribution in [0.4, 0.5) is 5.69 Å². The molecule has 0 aromatic heterocycles. The number of hydrogen-bond donors (Lipinski definition) is 2. The Morgan fingerprint density at radius 1 is 1.15 bits per heavy atom. The van der Waals surface area contributed by atoms with E-state index >= 15 is 0 Å². The molecule has 20 heavy (non-hydrogen) atoms. The lowest BCUT2D eigenvalue weighted by atomic mass is 9.93. The van der Waals surface area contributed by atoms with Gasteiger partial charge in [-0.05, 0) is 37.3 Å². The Morgan fingerprint density at radius 3 is 2.40 bits per heavy atom. The van der Waals surface area contributed by atoms with Crippen LogP contribution in [0.3, 0.4) is 0 Å². The first kappa shape index (κ1) is 15.3. The third-order valence-corrected chi connectivity index (χ3v) is 4.75. The minimum absolute atomic E-state index is 0.141. The molecule has 1 heterocycles. The van der Waals surface area contributed by atoms with Gasteiger partial charge < -0.3 is 15.3 Å². The molecular weight excluding hydrogens is 248 g/mol. The van der Waals surface area contributed by atoms with Gasteiger partial charge in [0.15, 0.2) is 0 Å². The molecule has 2 rings (SSSR count). The summed E-state index contributed by atoms with van der Waals surface area (Å²) in [5.74, 6) is 0. The molecule has 0 saturated carbocycles. The van der Waals surface area contributed by atoms with Gasteiger partial charge in [-0.2, -0.15) is 0 Å². The van der Waals surface area contributed by atoms with Crippen molar-refractivity contribution in [1.29, 1.82) is 0 Å². The number of nitrogens with one attached hydrogen (secondary N) is 1. The number of anilines is 1. The minimum Gasteiger partial charge on any atom is -0.394 e. The summed E-state index contributed by atoms with van der Waals surface area (Å²) in [5.41, 5.74) is 2.56. The third kappa shape index (κ3) is 3.33. The molecule has 0 atom stereocenters. The predicted octanol–water partition coefficient (Wildman–Crippen LogP) is 2.93. The van der Waals surface area contributed by atoms with Gasteiger partial charge in [0.2, 0.25) is 0 Å². The largest absolute Gasteiger partial charge is 0.394 e. The Labute approximate surface area is 123 Å². The van der Waals surface area contributed by atoms with Gasteiger partial charge in [-0.1, -0.05) is 32.0 Å². The van der Waals surface area contributed by atoms with Crippen LogP contribution in [0, 0.1) is 0 Å². The molecule has 1 aromatic carbocycles. The second-order valence-electron chi connectivity index (χ2n) is 5.82. The average Bonchev–Trinajstić information content (AvgIpc) is 3.04. The molecule has 112 valence electrons. The van der Waals surface area contributed by atoms with Crippen molar-refractivity contribution >= 4 is 5.69 Å². The van der Waals surface area contributed by atoms with Gasteiger partial charge in [-0.25, -0.2) is 0 Å². The number of aliphatic hydroxyl groups excluding tert-OH is 1. The van der Waals surface area contributed by atoms with Gasteiger partial charge >= 0.3 is 0 Å². The highest BCUT2D eigenvalue weighted by atomic mass is 16.3. The molecule has 1 aromatic rings. The van der Waals surface area contributed by atoms with Crippen LogP contribution in [0.25, 0.3) is 0 Å². The average molecular weight is 276 g/mol. The molecule has 1 fully saturated rings. The first-order chi connectivity index (χ1) is 9.74. The molecule has 0 bridgehead atoms. The maximum Gasteiger partial charge on any atom is 0.0613 e. The number of hydrogen-bond acceptors (Lipinski definition) is 3. The first-order valence-corrected chi connectivity index (χ1v) is 7.93. The Kier molecular flexibility index (Phi) is 5.44. The molecule has 0 radical (unpaired) electrons. The summed E-state index contributed by atoms with van der Waals surface area (Å²) in [5, 5.41) is 13.2. The summed E-state index contributed by atoms with van der Waals surface area (Å²) in [7, 11) is 0. The summed E-state index contributed by atoms with van der Waals surface area (Å²) in [6, 6.07) is 8.65. The monoisotopic (exact) mass is 276 g/mol. The Hall–Kier alpha value is -1.06. The highest BCUT2D eigenvalue weighted by Gasteiger charge is 2.25. The van der Waals surface area contributed by atoms with Crippen LogP contribution in [0.15, 0.2) is 24.3 Å². The van der Waals surface area contributed by atoms with Crippen LogP contribution >= 0.6 is 0 Å². The van der Waals surface area contributed by atoms with Crippen molar-refractivity contribution in [2.45, 2.75) is 51.6 Å². The molecule has 0 spiro atoms. The molecule has 1 saturated heterocycles. The van der Waals surface area contributed by atoms with Gasteiger partial charge in [0.05, 0.1) is 6.61 Å². The van der Waals surface area contributed by atoms with Crippen LogP contribution in [0.1, 0.15) is 45.1 Å². The van der Waals surface area contributed by atoms with Crippen LogP contribution < -0.4 is 10.2 Å². The molecule has 3 nitrogen and oxygen atoms in total. The van der Waals surface area contributed by atoms with E-state index in [1.54, 1.807) is 0 Å². The second-order valence-corrected chi connectivity index (χ2v) is 5.82. The molecule has 1 aliphatic rings. The molecule has 2 N–H and O–H groups in total.